The fraction of sp³-hybridized carbons (Fsp3) is 0.318. The van der Waals surface area contributed by atoms with Crippen LogP contribution in [0.5, 0.6) is 0 Å². The number of aliphatic hydroxyl groups excluding tert-OH is 3. The number of hydrogen-bond acceptors (Lipinski definition) is 8. The fourth-order valence-electron chi connectivity index (χ4n) is 3.61. The summed E-state index contributed by atoms with van der Waals surface area (Å²) in [6.45, 7) is 0.916. The van der Waals surface area contributed by atoms with E-state index in [1.807, 2.05) is 0 Å². The molecule has 0 radical (unpaired) electrons. The van der Waals surface area contributed by atoms with Gasteiger partial charge in [-0.05, 0) is 30.3 Å². The number of carbonyl (C=O) groups excluding carboxylic acids is 1. The van der Waals surface area contributed by atoms with Crippen LogP contribution < -0.4 is 5.32 Å². The Morgan fingerprint density at radius 2 is 2.09 bits per heavy atom. The molecule has 4 atom stereocenters. The molecule has 0 saturated carbocycles. The van der Waals surface area contributed by atoms with Crippen molar-refractivity contribution in [1.29, 1.82) is 0 Å². The molecular formula is C22H23FN4O5S. The molecule has 1 aliphatic rings. The third-order valence-electron chi connectivity index (χ3n) is 5.17. The minimum atomic E-state index is -1.60. The van der Waals surface area contributed by atoms with Gasteiger partial charge in [-0.1, -0.05) is 35.2 Å². The van der Waals surface area contributed by atoms with E-state index in [2.05, 4.69) is 15.6 Å². The van der Waals surface area contributed by atoms with Crippen molar-refractivity contribution in [1.82, 2.24) is 15.0 Å². The predicted molar refractivity (Wildman–Crippen MR) is 119 cm³/mol. The summed E-state index contributed by atoms with van der Waals surface area (Å²) in [6, 6.07) is 12.8. The Morgan fingerprint density at radius 3 is 2.82 bits per heavy atom. The highest BCUT2D eigenvalue weighted by Crippen LogP contribution is 2.46. The Hall–Kier alpha value is -2.83. The molecule has 4 rings (SSSR count). The standard InChI is InChI=1S/C22H23FN4O5S/c1-13(29)24-16-6-3-7-17(9-16)33-22(21(31)10-19(30)20(12-28)32-22)27-11-18(25-26-27)14-4-2-5-15(23)8-14/h2-9,11,19-21,28,30-31H,10,12H2,1H3,(H,24,29). The first-order valence-electron chi connectivity index (χ1n) is 10.2. The molecule has 2 aromatic carbocycles. The third kappa shape index (κ3) is 4.92. The molecule has 1 saturated heterocycles. The molecule has 0 bridgehead atoms. The minimum Gasteiger partial charge on any atom is -0.394 e. The summed E-state index contributed by atoms with van der Waals surface area (Å²) in [4.78, 5) is 12.1. The van der Waals surface area contributed by atoms with Crippen LogP contribution in [0.4, 0.5) is 10.1 Å². The Kier molecular flexibility index (Phi) is 6.77. The number of amides is 1. The highest BCUT2D eigenvalue weighted by atomic mass is 32.2. The first-order valence-corrected chi connectivity index (χ1v) is 11.0. The number of rotatable bonds is 6. The van der Waals surface area contributed by atoms with Gasteiger partial charge in [0.05, 0.1) is 18.9 Å². The Morgan fingerprint density at radius 1 is 1.30 bits per heavy atom. The lowest BCUT2D eigenvalue weighted by molar-refractivity contribution is -0.230. The Bertz CT molecular complexity index is 1150. The summed E-state index contributed by atoms with van der Waals surface area (Å²) in [6.07, 6.45) is -1.89. The van der Waals surface area contributed by atoms with Crippen molar-refractivity contribution in [2.75, 3.05) is 11.9 Å². The SMILES string of the molecule is CC(=O)Nc1cccc(SC2(n3cc(-c4cccc(F)c4)nn3)OC(CO)C(O)CC2O)c1. The molecule has 1 aromatic heterocycles. The second kappa shape index (κ2) is 9.57. The molecular weight excluding hydrogens is 451 g/mol. The average molecular weight is 475 g/mol. The van der Waals surface area contributed by atoms with E-state index in [9.17, 15) is 24.5 Å². The number of thioether (sulfide) groups is 1. The van der Waals surface area contributed by atoms with Gasteiger partial charge in [0.15, 0.2) is 0 Å². The van der Waals surface area contributed by atoms with Gasteiger partial charge in [-0.3, -0.25) is 4.79 Å². The molecule has 0 aliphatic carbocycles. The molecule has 1 aliphatic heterocycles. The molecule has 4 N–H and O–H groups in total. The molecule has 9 nitrogen and oxygen atoms in total. The zero-order valence-electron chi connectivity index (χ0n) is 17.6. The second-order valence-electron chi connectivity index (χ2n) is 7.66. The quantitative estimate of drug-likeness (QED) is 0.427. The summed E-state index contributed by atoms with van der Waals surface area (Å²) in [5, 5.41) is 40.4. The van der Waals surface area contributed by atoms with Crippen molar-refractivity contribution < 1.29 is 29.2 Å². The van der Waals surface area contributed by atoms with Crippen molar-refractivity contribution in [3.8, 4) is 11.3 Å². The summed E-state index contributed by atoms with van der Waals surface area (Å²) < 4.78 is 21.0. The van der Waals surface area contributed by atoms with Crippen LogP contribution >= 0.6 is 11.8 Å². The summed E-state index contributed by atoms with van der Waals surface area (Å²) in [5.41, 5.74) is 1.38. The van der Waals surface area contributed by atoms with Gasteiger partial charge in [-0.25, -0.2) is 9.07 Å². The largest absolute Gasteiger partial charge is 0.394 e. The summed E-state index contributed by atoms with van der Waals surface area (Å²) in [5.74, 6) is -0.668. The molecule has 11 heteroatoms. The summed E-state index contributed by atoms with van der Waals surface area (Å²) >= 11 is 1.09. The van der Waals surface area contributed by atoms with E-state index in [1.54, 1.807) is 36.4 Å². The van der Waals surface area contributed by atoms with Crippen molar-refractivity contribution in [3.63, 3.8) is 0 Å². The van der Waals surface area contributed by atoms with Gasteiger partial charge >= 0.3 is 0 Å². The number of aromatic nitrogens is 3. The maximum absolute atomic E-state index is 13.7. The van der Waals surface area contributed by atoms with E-state index in [0.717, 1.165) is 11.8 Å². The van der Waals surface area contributed by atoms with Crippen molar-refractivity contribution in [3.05, 3.63) is 60.5 Å². The van der Waals surface area contributed by atoms with Gasteiger partial charge < -0.3 is 25.4 Å². The van der Waals surface area contributed by atoms with Crippen molar-refractivity contribution >= 4 is 23.4 Å². The van der Waals surface area contributed by atoms with Crippen LogP contribution in [0.2, 0.25) is 0 Å². The molecule has 4 unspecified atom stereocenters. The van der Waals surface area contributed by atoms with Crippen LogP contribution in [0.15, 0.2) is 59.6 Å². The van der Waals surface area contributed by atoms with Crippen LogP contribution in [0, 0.1) is 5.82 Å². The number of nitrogens with one attached hydrogen (secondary N) is 1. The van der Waals surface area contributed by atoms with Crippen LogP contribution in [0.3, 0.4) is 0 Å². The second-order valence-corrected chi connectivity index (χ2v) is 8.92. The Labute approximate surface area is 193 Å². The fourth-order valence-corrected chi connectivity index (χ4v) is 4.87. The highest BCUT2D eigenvalue weighted by molar-refractivity contribution is 8.00. The lowest BCUT2D eigenvalue weighted by Crippen LogP contribution is -2.56. The predicted octanol–water partition coefficient (Wildman–Crippen LogP) is 1.95. The Balaban J connectivity index is 1.75. The lowest BCUT2D eigenvalue weighted by Gasteiger charge is -2.45. The van der Waals surface area contributed by atoms with Crippen LogP contribution in [0.25, 0.3) is 11.3 Å². The molecule has 3 aromatic rings. The number of halogens is 1. The van der Waals surface area contributed by atoms with Gasteiger partial charge in [0.1, 0.15) is 23.7 Å². The molecule has 1 fully saturated rings. The number of ether oxygens (including phenoxy) is 1. The smallest absolute Gasteiger partial charge is 0.241 e. The number of benzene rings is 2. The van der Waals surface area contributed by atoms with Gasteiger partial charge in [-0.15, -0.1) is 5.10 Å². The third-order valence-corrected chi connectivity index (χ3v) is 6.50. The number of nitrogens with zero attached hydrogens (tertiary/aromatic N) is 3. The number of aliphatic hydroxyl groups is 3. The molecule has 33 heavy (non-hydrogen) atoms. The molecule has 2 heterocycles. The first-order chi connectivity index (χ1) is 15.8. The maximum atomic E-state index is 13.7. The zero-order chi connectivity index (χ0) is 23.6. The van der Waals surface area contributed by atoms with Crippen LogP contribution in [-0.4, -0.2) is 61.1 Å². The molecule has 1 amide bonds. The maximum Gasteiger partial charge on any atom is 0.241 e. The van der Waals surface area contributed by atoms with Gasteiger partial charge in [0, 0.05) is 29.5 Å². The van der Waals surface area contributed by atoms with E-state index in [4.69, 9.17) is 4.74 Å². The van der Waals surface area contributed by atoms with E-state index < -0.39 is 35.8 Å². The van der Waals surface area contributed by atoms with E-state index >= 15 is 0 Å². The zero-order valence-corrected chi connectivity index (χ0v) is 18.4. The lowest BCUT2D eigenvalue weighted by atomic mass is 10.0. The first kappa shape index (κ1) is 23.3. The normalized spacial score (nSPS) is 25.1. The number of hydrogen-bond donors (Lipinski definition) is 4. The summed E-state index contributed by atoms with van der Waals surface area (Å²) in [7, 11) is 0. The van der Waals surface area contributed by atoms with Crippen LogP contribution in [0.1, 0.15) is 13.3 Å². The van der Waals surface area contributed by atoms with Gasteiger partial charge in [0.2, 0.25) is 11.0 Å². The van der Waals surface area contributed by atoms with Crippen LogP contribution in [-0.2, 0) is 14.6 Å². The molecule has 0 spiro atoms. The monoisotopic (exact) mass is 474 g/mol. The van der Waals surface area contributed by atoms with E-state index in [-0.39, 0.29) is 12.3 Å². The average Bonchev–Trinajstić information content (AvgIpc) is 3.26. The van der Waals surface area contributed by atoms with Crippen molar-refractivity contribution in [2.45, 2.75) is 41.6 Å². The highest BCUT2D eigenvalue weighted by Gasteiger charge is 2.51. The topological polar surface area (TPSA) is 130 Å². The number of carbonyl (C=O) groups is 1. The van der Waals surface area contributed by atoms with E-state index in [0.29, 0.717) is 21.8 Å². The van der Waals surface area contributed by atoms with E-state index in [1.165, 1.54) is 29.9 Å². The van der Waals surface area contributed by atoms with Gasteiger partial charge in [-0.2, -0.15) is 0 Å². The van der Waals surface area contributed by atoms with Crippen molar-refractivity contribution in [2.24, 2.45) is 0 Å². The molecule has 174 valence electrons. The number of anilines is 1. The minimum absolute atomic E-state index is 0.0846. The van der Waals surface area contributed by atoms with Gasteiger partial charge in [0.25, 0.3) is 0 Å².